The number of nitrogens with zero attached hydrogens (tertiary/aromatic N) is 4. The Balaban J connectivity index is 1.64. The van der Waals surface area contributed by atoms with Crippen LogP contribution in [0.2, 0.25) is 0 Å². The van der Waals surface area contributed by atoms with E-state index in [1.54, 1.807) is 0 Å². The molecule has 3 aromatic carbocycles. The zero-order valence-corrected chi connectivity index (χ0v) is 17.5. The molecule has 0 saturated carbocycles. The topological polar surface area (TPSA) is 83.6 Å². The van der Waals surface area contributed by atoms with Crippen LogP contribution in [0.3, 0.4) is 0 Å². The van der Waals surface area contributed by atoms with Crippen molar-refractivity contribution in [3.63, 3.8) is 0 Å². The number of nitriles is 1. The Hall–Kier alpha value is -4.57. The van der Waals surface area contributed by atoms with Crippen molar-refractivity contribution in [1.82, 2.24) is 14.5 Å². The van der Waals surface area contributed by atoms with Gasteiger partial charge < -0.3 is 9.88 Å². The van der Waals surface area contributed by atoms with Gasteiger partial charge in [-0.1, -0.05) is 42.5 Å². The molecule has 0 aliphatic rings. The summed E-state index contributed by atoms with van der Waals surface area (Å²) in [7, 11) is 0. The van der Waals surface area contributed by atoms with Crippen LogP contribution in [0.25, 0.3) is 22.2 Å². The molecule has 7 heteroatoms. The molecule has 0 aliphatic carbocycles. The highest BCUT2D eigenvalue weighted by Crippen LogP contribution is 2.30. The number of amides is 1. The van der Waals surface area contributed by atoms with E-state index >= 15 is 0 Å². The first kappa shape index (κ1) is 20.3. The molecule has 5 rings (SSSR count). The average molecular weight is 435 g/mol. The predicted molar refractivity (Wildman–Crippen MR) is 124 cm³/mol. The minimum Gasteiger partial charge on any atom is -0.309 e. The molecule has 0 atom stereocenters. The van der Waals surface area contributed by atoms with Gasteiger partial charge in [0.2, 0.25) is 0 Å². The number of carbonyl (C=O) groups excluding carboxylic acids is 1. The van der Waals surface area contributed by atoms with E-state index in [2.05, 4.69) is 16.4 Å². The Morgan fingerprint density at radius 1 is 0.939 bits per heavy atom. The molecule has 160 valence electrons. The number of halogens is 1. The van der Waals surface area contributed by atoms with Gasteiger partial charge in [-0.05, 0) is 48.4 Å². The van der Waals surface area contributed by atoms with Gasteiger partial charge in [-0.25, -0.2) is 14.4 Å². The summed E-state index contributed by atoms with van der Waals surface area (Å²) < 4.78 is 15.1. The molecule has 0 saturated heterocycles. The van der Waals surface area contributed by atoms with Crippen LogP contribution >= 0.6 is 0 Å². The van der Waals surface area contributed by atoms with Crippen molar-refractivity contribution in [2.24, 2.45) is 0 Å². The second-order valence-corrected chi connectivity index (χ2v) is 7.57. The third kappa shape index (κ3) is 3.90. The van der Waals surface area contributed by atoms with Gasteiger partial charge in [-0.3, -0.25) is 4.79 Å². The number of hydrogen-bond acceptors (Lipinski definition) is 4. The van der Waals surface area contributed by atoms with Gasteiger partial charge in [-0.2, -0.15) is 5.26 Å². The Kier molecular flexibility index (Phi) is 5.25. The fraction of sp³-hybridized carbons (Fsp3) is 0.0769. The maximum atomic E-state index is 13.3. The van der Waals surface area contributed by atoms with E-state index < -0.39 is 11.7 Å². The summed E-state index contributed by atoms with van der Waals surface area (Å²) >= 11 is 0. The quantitative estimate of drug-likeness (QED) is 0.417. The number of fused-ring (bicyclic) bond motifs is 2. The van der Waals surface area contributed by atoms with Crippen molar-refractivity contribution in [2.75, 3.05) is 5.32 Å². The zero-order valence-electron chi connectivity index (χ0n) is 17.5. The Morgan fingerprint density at radius 2 is 1.61 bits per heavy atom. The predicted octanol–water partition coefficient (Wildman–Crippen LogP) is 5.09. The van der Waals surface area contributed by atoms with E-state index in [1.165, 1.54) is 24.3 Å². The number of rotatable bonds is 5. The summed E-state index contributed by atoms with van der Waals surface area (Å²) in [5, 5.41) is 12.8. The molecule has 0 fully saturated rings. The highest BCUT2D eigenvalue weighted by atomic mass is 19.1. The number of anilines is 1. The molecule has 0 spiro atoms. The summed E-state index contributed by atoms with van der Waals surface area (Å²) in [6.45, 7) is 0.480. The highest BCUT2D eigenvalue weighted by Gasteiger charge is 2.22. The van der Waals surface area contributed by atoms with Gasteiger partial charge >= 0.3 is 0 Å². The van der Waals surface area contributed by atoms with Crippen molar-refractivity contribution in [1.29, 1.82) is 5.26 Å². The second kappa shape index (κ2) is 8.52. The van der Waals surface area contributed by atoms with Gasteiger partial charge in [0.15, 0.2) is 5.65 Å². The third-order valence-corrected chi connectivity index (χ3v) is 5.47. The number of hydrogen-bond donors (Lipinski definition) is 1. The summed E-state index contributed by atoms with van der Waals surface area (Å²) in [5.74, 6) is -0.547. The van der Waals surface area contributed by atoms with Crippen LogP contribution in [0.5, 0.6) is 0 Å². The standard InChI is InChI=1S/C26H18FN5O/c27-19-12-10-18(11-13-19)26(33)31-24-20(16-28)23-25(30-22-9-5-4-8-21(22)29-23)32(24)15-14-17-6-2-1-3-7-17/h1-13H,14-15H2,(H,31,33). The average Bonchev–Trinajstić information content (AvgIpc) is 3.13. The molecule has 33 heavy (non-hydrogen) atoms. The number of benzene rings is 3. The molecule has 0 unspecified atom stereocenters. The summed E-state index contributed by atoms with van der Waals surface area (Å²) in [6, 6.07) is 24.8. The Bertz CT molecular complexity index is 1520. The summed E-state index contributed by atoms with van der Waals surface area (Å²) in [4.78, 5) is 22.4. The summed E-state index contributed by atoms with van der Waals surface area (Å²) in [5.41, 5.74) is 3.96. The number of carbonyl (C=O) groups is 1. The van der Waals surface area contributed by atoms with E-state index in [9.17, 15) is 14.4 Å². The normalized spacial score (nSPS) is 10.9. The van der Waals surface area contributed by atoms with Gasteiger partial charge in [0.1, 0.15) is 28.8 Å². The molecule has 2 aromatic heterocycles. The van der Waals surface area contributed by atoms with Crippen LogP contribution in [0.15, 0.2) is 78.9 Å². The lowest BCUT2D eigenvalue weighted by atomic mass is 10.1. The van der Waals surface area contributed by atoms with Crippen LogP contribution in [0, 0.1) is 17.1 Å². The van der Waals surface area contributed by atoms with E-state index in [0.29, 0.717) is 41.0 Å². The van der Waals surface area contributed by atoms with Crippen LogP contribution < -0.4 is 5.32 Å². The van der Waals surface area contributed by atoms with Crippen molar-refractivity contribution in [2.45, 2.75) is 13.0 Å². The van der Waals surface area contributed by atoms with E-state index in [1.807, 2.05) is 59.2 Å². The lowest BCUT2D eigenvalue weighted by Crippen LogP contribution is -2.17. The molecule has 0 aliphatic heterocycles. The Morgan fingerprint density at radius 3 is 2.30 bits per heavy atom. The minimum atomic E-state index is -0.445. The lowest BCUT2D eigenvalue weighted by Gasteiger charge is -2.12. The first-order valence-electron chi connectivity index (χ1n) is 10.4. The van der Waals surface area contributed by atoms with Gasteiger partial charge in [0.05, 0.1) is 11.0 Å². The number of para-hydroxylation sites is 2. The fourth-order valence-electron chi connectivity index (χ4n) is 3.82. The lowest BCUT2D eigenvalue weighted by molar-refractivity contribution is 0.102. The van der Waals surface area contributed by atoms with Crippen LogP contribution in [0.4, 0.5) is 10.2 Å². The monoisotopic (exact) mass is 435 g/mol. The molecule has 0 bridgehead atoms. The maximum Gasteiger partial charge on any atom is 0.256 e. The number of aryl methyl sites for hydroxylation is 2. The zero-order chi connectivity index (χ0) is 22.8. The van der Waals surface area contributed by atoms with Crippen molar-refractivity contribution in [3.8, 4) is 6.07 Å². The fourth-order valence-corrected chi connectivity index (χ4v) is 3.82. The summed E-state index contributed by atoms with van der Waals surface area (Å²) in [6.07, 6.45) is 0.670. The molecule has 0 radical (unpaired) electrons. The maximum absolute atomic E-state index is 13.3. The first-order valence-corrected chi connectivity index (χ1v) is 10.4. The minimum absolute atomic E-state index is 0.242. The van der Waals surface area contributed by atoms with Crippen LogP contribution in [-0.4, -0.2) is 20.4 Å². The smallest absolute Gasteiger partial charge is 0.256 e. The molecule has 1 N–H and O–H groups in total. The largest absolute Gasteiger partial charge is 0.309 e. The SMILES string of the molecule is N#Cc1c(NC(=O)c2ccc(F)cc2)n(CCc2ccccc2)c2nc3ccccc3nc12. The molecular formula is C26H18FN5O. The van der Waals surface area contributed by atoms with Crippen molar-refractivity contribution in [3.05, 3.63) is 101 Å². The van der Waals surface area contributed by atoms with Crippen LogP contribution in [-0.2, 0) is 13.0 Å². The first-order chi connectivity index (χ1) is 16.1. The molecule has 2 heterocycles. The highest BCUT2D eigenvalue weighted by molar-refractivity contribution is 6.06. The van der Waals surface area contributed by atoms with E-state index in [0.717, 1.165) is 5.56 Å². The van der Waals surface area contributed by atoms with Gasteiger partial charge in [-0.15, -0.1) is 0 Å². The van der Waals surface area contributed by atoms with Crippen LogP contribution in [0.1, 0.15) is 21.5 Å². The third-order valence-electron chi connectivity index (χ3n) is 5.47. The molecule has 6 nitrogen and oxygen atoms in total. The van der Waals surface area contributed by atoms with Gasteiger partial charge in [0.25, 0.3) is 5.91 Å². The molecular weight excluding hydrogens is 417 g/mol. The molecule has 1 amide bonds. The number of nitrogens with one attached hydrogen (secondary N) is 1. The molecule has 5 aromatic rings. The van der Waals surface area contributed by atoms with Crippen molar-refractivity contribution < 1.29 is 9.18 Å². The van der Waals surface area contributed by atoms with E-state index in [4.69, 9.17) is 4.98 Å². The van der Waals surface area contributed by atoms with Crippen molar-refractivity contribution >= 4 is 33.9 Å². The second-order valence-electron chi connectivity index (χ2n) is 7.57. The van der Waals surface area contributed by atoms with E-state index in [-0.39, 0.29) is 11.1 Å². The number of aromatic nitrogens is 3. The Labute approximate surface area is 188 Å². The van der Waals surface area contributed by atoms with Gasteiger partial charge in [0, 0.05) is 12.1 Å².